The van der Waals surface area contributed by atoms with Crippen LogP contribution in [0.25, 0.3) is 0 Å². The third-order valence-electron chi connectivity index (χ3n) is 4.23. The fourth-order valence-corrected chi connectivity index (χ4v) is 2.56. The number of hydrogen-bond acceptors (Lipinski definition) is 4. The summed E-state index contributed by atoms with van der Waals surface area (Å²) in [4.78, 5) is 17.8. The van der Waals surface area contributed by atoms with Crippen molar-refractivity contribution in [3.8, 4) is 5.75 Å². The number of hydrogen-bond donors (Lipinski definition) is 2. The van der Waals surface area contributed by atoms with Gasteiger partial charge in [-0.05, 0) is 35.4 Å². The van der Waals surface area contributed by atoms with E-state index in [0.29, 0.717) is 37.8 Å². The number of rotatable bonds is 9. The molecule has 0 unspecified atom stereocenters. The number of carbonyl (C=O) groups excluding carboxylic acids is 1. The molecule has 0 aliphatic carbocycles. The van der Waals surface area contributed by atoms with Crippen molar-refractivity contribution < 1.29 is 14.3 Å². The molecule has 0 saturated carbocycles. The van der Waals surface area contributed by atoms with Crippen molar-refractivity contribution in [2.24, 2.45) is 4.99 Å². The van der Waals surface area contributed by atoms with Crippen LogP contribution in [0.15, 0.2) is 53.5 Å². The second-order valence-corrected chi connectivity index (χ2v) is 6.66. The zero-order chi connectivity index (χ0) is 21.1. The van der Waals surface area contributed by atoms with E-state index in [9.17, 15) is 4.79 Å². The third kappa shape index (κ3) is 7.46. The second kappa shape index (κ2) is 11.7. The van der Waals surface area contributed by atoms with Crippen molar-refractivity contribution in [2.75, 3.05) is 41.5 Å². The largest absolute Gasteiger partial charge is 0.491 e. The number of methoxy groups -OCH3 is 1. The van der Waals surface area contributed by atoms with Crippen molar-refractivity contribution in [2.45, 2.75) is 13.1 Å². The number of aliphatic imine (C=N–C) groups is 1. The number of benzene rings is 2. The van der Waals surface area contributed by atoms with Crippen LogP contribution in [0.2, 0.25) is 0 Å². The lowest BCUT2D eigenvalue weighted by Crippen LogP contribution is -2.36. The molecule has 0 saturated heterocycles. The quantitative estimate of drug-likeness (QED) is 0.385. The Morgan fingerprint density at radius 1 is 0.931 bits per heavy atom. The van der Waals surface area contributed by atoms with Gasteiger partial charge in [0.2, 0.25) is 0 Å². The van der Waals surface area contributed by atoms with Gasteiger partial charge in [-0.2, -0.15) is 0 Å². The molecule has 2 rings (SSSR count). The zero-order valence-corrected chi connectivity index (χ0v) is 17.6. The lowest BCUT2D eigenvalue weighted by Gasteiger charge is -2.13. The minimum Gasteiger partial charge on any atom is -0.491 e. The van der Waals surface area contributed by atoms with Gasteiger partial charge >= 0.3 is 0 Å². The molecule has 0 aromatic heterocycles. The van der Waals surface area contributed by atoms with Crippen LogP contribution in [0.1, 0.15) is 21.5 Å². The summed E-state index contributed by atoms with van der Waals surface area (Å²) in [7, 11) is 6.88. The Bertz CT molecular complexity index is 787. The van der Waals surface area contributed by atoms with Gasteiger partial charge in [0.05, 0.1) is 6.61 Å². The molecule has 0 aliphatic rings. The molecular formula is C22H30N4O3. The first-order valence-corrected chi connectivity index (χ1v) is 9.49. The number of ether oxygens (including phenoxy) is 2. The van der Waals surface area contributed by atoms with Crippen LogP contribution in [0.5, 0.6) is 5.75 Å². The van der Waals surface area contributed by atoms with E-state index in [2.05, 4.69) is 15.6 Å². The Labute approximate surface area is 172 Å². The summed E-state index contributed by atoms with van der Waals surface area (Å²) in [5.41, 5.74) is 2.87. The topological polar surface area (TPSA) is 75.2 Å². The van der Waals surface area contributed by atoms with Crippen LogP contribution in [-0.2, 0) is 17.8 Å². The van der Waals surface area contributed by atoms with E-state index in [1.54, 1.807) is 33.2 Å². The Hall–Kier alpha value is -3.06. The predicted molar refractivity (Wildman–Crippen MR) is 115 cm³/mol. The van der Waals surface area contributed by atoms with Crippen LogP contribution < -0.4 is 15.4 Å². The highest BCUT2D eigenvalue weighted by molar-refractivity contribution is 5.93. The first-order chi connectivity index (χ1) is 14.0. The number of amides is 1. The van der Waals surface area contributed by atoms with Gasteiger partial charge in [0.1, 0.15) is 12.4 Å². The maximum Gasteiger partial charge on any atom is 0.253 e. The molecule has 0 atom stereocenters. The molecule has 0 heterocycles. The molecule has 0 spiro atoms. The molecule has 2 aromatic carbocycles. The normalized spacial score (nSPS) is 11.1. The number of nitrogens with zero attached hydrogens (tertiary/aromatic N) is 2. The highest BCUT2D eigenvalue weighted by atomic mass is 16.5. The van der Waals surface area contributed by atoms with E-state index >= 15 is 0 Å². The molecule has 0 radical (unpaired) electrons. The first kappa shape index (κ1) is 22.2. The lowest BCUT2D eigenvalue weighted by molar-refractivity contribution is 0.0827. The Balaban J connectivity index is 1.80. The maximum absolute atomic E-state index is 11.9. The summed E-state index contributed by atoms with van der Waals surface area (Å²) in [6, 6.07) is 15.5. The molecule has 29 heavy (non-hydrogen) atoms. The minimum absolute atomic E-state index is 0.00268. The van der Waals surface area contributed by atoms with Crippen LogP contribution in [-0.4, -0.2) is 58.2 Å². The minimum atomic E-state index is -0.00268. The average Bonchev–Trinajstić information content (AvgIpc) is 2.75. The lowest BCUT2D eigenvalue weighted by atomic mass is 10.1. The first-order valence-electron chi connectivity index (χ1n) is 9.49. The van der Waals surface area contributed by atoms with E-state index in [1.165, 1.54) is 0 Å². The summed E-state index contributed by atoms with van der Waals surface area (Å²) in [5, 5.41) is 6.57. The molecule has 7 nitrogen and oxygen atoms in total. The molecule has 1 amide bonds. The van der Waals surface area contributed by atoms with Crippen molar-refractivity contribution in [1.82, 2.24) is 15.5 Å². The standard InChI is InChI=1S/C22H30N4O3/c1-23-22(24-15-17-5-9-19(10-6-17)21(27)26(2)3)25-16-18-7-11-20(12-8-18)29-14-13-28-4/h5-12H,13-16H2,1-4H3,(H2,23,24,25). The van der Waals surface area contributed by atoms with Gasteiger partial charge in [-0.3, -0.25) is 9.79 Å². The predicted octanol–water partition coefficient (Wildman–Crippen LogP) is 2.28. The third-order valence-corrected chi connectivity index (χ3v) is 4.23. The van der Waals surface area contributed by atoms with Crippen molar-refractivity contribution in [3.05, 3.63) is 65.2 Å². The summed E-state index contributed by atoms with van der Waals surface area (Å²) in [6.07, 6.45) is 0. The molecule has 156 valence electrons. The fraction of sp³-hybridized carbons (Fsp3) is 0.364. The maximum atomic E-state index is 11.9. The Kier molecular flexibility index (Phi) is 8.98. The van der Waals surface area contributed by atoms with Crippen LogP contribution in [0.3, 0.4) is 0 Å². The SMILES string of the molecule is CN=C(NCc1ccc(OCCOC)cc1)NCc1ccc(C(=O)N(C)C)cc1. The van der Waals surface area contributed by atoms with E-state index < -0.39 is 0 Å². The monoisotopic (exact) mass is 398 g/mol. The smallest absolute Gasteiger partial charge is 0.253 e. The van der Waals surface area contributed by atoms with E-state index in [0.717, 1.165) is 16.9 Å². The van der Waals surface area contributed by atoms with Gasteiger partial charge in [-0.25, -0.2) is 0 Å². The highest BCUT2D eigenvalue weighted by Gasteiger charge is 2.07. The summed E-state index contributed by atoms with van der Waals surface area (Å²) in [6.45, 7) is 2.37. The van der Waals surface area contributed by atoms with Gasteiger partial charge in [0.25, 0.3) is 5.91 Å². The second-order valence-electron chi connectivity index (χ2n) is 6.66. The number of nitrogens with one attached hydrogen (secondary N) is 2. The van der Waals surface area contributed by atoms with Crippen molar-refractivity contribution >= 4 is 11.9 Å². The molecule has 0 bridgehead atoms. The molecule has 0 aliphatic heterocycles. The van der Waals surface area contributed by atoms with Crippen molar-refractivity contribution in [1.29, 1.82) is 0 Å². The van der Waals surface area contributed by atoms with Gasteiger partial charge in [0.15, 0.2) is 5.96 Å². The van der Waals surface area contributed by atoms with Crippen LogP contribution in [0.4, 0.5) is 0 Å². The summed E-state index contributed by atoms with van der Waals surface area (Å²) < 4.78 is 10.5. The molecule has 2 aromatic rings. The number of carbonyl (C=O) groups is 1. The van der Waals surface area contributed by atoms with Crippen LogP contribution >= 0.6 is 0 Å². The van der Waals surface area contributed by atoms with Gasteiger partial charge in [0, 0.05) is 46.9 Å². The highest BCUT2D eigenvalue weighted by Crippen LogP contribution is 2.12. The Morgan fingerprint density at radius 2 is 1.48 bits per heavy atom. The average molecular weight is 399 g/mol. The van der Waals surface area contributed by atoms with Crippen molar-refractivity contribution in [3.63, 3.8) is 0 Å². The summed E-state index contributed by atoms with van der Waals surface area (Å²) in [5.74, 6) is 1.53. The van der Waals surface area contributed by atoms with E-state index in [4.69, 9.17) is 9.47 Å². The molecular weight excluding hydrogens is 368 g/mol. The fourth-order valence-electron chi connectivity index (χ4n) is 2.56. The van der Waals surface area contributed by atoms with E-state index in [-0.39, 0.29) is 5.91 Å². The van der Waals surface area contributed by atoms with Gasteiger partial charge in [-0.15, -0.1) is 0 Å². The van der Waals surface area contributed by atoms with Gasteiger partial charge in [-0.1, -0.05) is 24.3 Å². The zero-order valence-electron chi connectivity index (χ0n) is 17.6. The van der Waals surface area contributed by atoms with Crippen LogP contribution in [0, 0.1) is 0 Å². The summed E-state index contributed by atoms with van der Waals surface area (Å²) >= 11 is 0. The number of guanidine groups is 1. The molecule has 7 heteroatoms. The van der Waals surface area contributed by atoms with E-state index in [1.807, 2.05) is 48.5 Å². The van der Waals surface area contributed by atoms with Gasteiger partial charge < -0.3 is 25.0 Å². The molecule has 2 N–H and O–H groups in total. The Morgan fingerprint density at radius 3 is 1.97 bits per heavy atom. The molecule has 0 fully saturated rings.